The molecule has 1 heterocycles. The van der Waals surface area contributed by atoms with Crippen LogP contribution in [0.1, 0.15) is 12.0 Å². The van der Waals surface area contributed by atoms with Crippen LogP contribution in [0.3, 0.4) is 0 Å². The molecule has 2 N–H and O–H groups in total. The summed E-state index contributed by atoms with van der Waals surface area (Å²) in [4.78, 5) is 28.1. The molecular weight excluding hydrogens is 330 g/mol. The highest BCUT2D eigenvalue weighted by Gasteiger charge is 2.32. The smallest absolute Gasteiger partial charge is 0.318 e. The lowest BCUT2D eigenvalue weighted by molar-refractivity contribution is -0.117. The fraction of sp³-hybridized carbons (Fsp3) is 0.300. The van der Waals surface area contributed by atoms with Crippen molar-refractivity contribution in [3.05, 3.63) is 66.2 Å². The Kier molecular flexibility index (Phi) is 5.86. The number of hydrogen-bond donors (Lipinski definition) is 2. The Labute approximate surface area is 153 Å². The first kappa shape index (κ1) is 17.9. The number of para-hydroxylation sites is 1. The third-order valence-electron chi connectivity index (χ3n) is 4.39. The number of carbonyl (C=O) groups is 2. The molecular formula is C20H23N3O3. The minimum Gasteiger partial charge on any atom is -0.395 e. The van der Waals surface area contributed by atoms with Crippen molar-refractivity contribution < 1.29 is 14.7 Å². The summed E-state index contributed by atoms with van der Waals surface area (Å²) in [7, 11) is 0. The molecule has 2 aromatic rings. The molecule has 3 rings (SSSR count). The molecule has 0 radical (unpaired) electrons. The molecule has 0 bridgehead atoms. The highest BCUT2D eigenvalue weighted by Crippen LogP contribution is 2.21. The van der Waals surface area contributed by atoms with Gasteiger partial charge in [-0.3, -0.25) is 4.79 Å². The van der Waals surface area contributed by atoms with Gasteiger partial charge in [-0.25, -0.2) is 4.79 Å². The lowest BCUT2D eigenvalue weighted by Gasteiger charge is -2.24. The molecule has 136 valence electrons. The molecule has 1 atom stereocenters. The van der Waals surface area contributed by atoms with Crippen molar-refractivity contribution in [1.82, 2.24) is 10.2 Å². The third kappa shape index (κ3) is 4.40. The number of nitrogens with zero attached hydrogens (tertiary/aromatic N) is 2. The Bertz CT molecular complexity index is 736. The Morgan fingerprint density at radius 1 is 1.12 bits per heavy atom. The van der Waals surface area contributed by atoms with Crippen LogP contribution in [0.4, 0.5) is 10.5 Å². The van der Waals surface area contributed by atoms with Gasteiger partial charge in [-0.2, -0.15) is 0 Å². The average molecular weight is 353 g/mol. The lowest BCUT2D eigenvalue weighted by Crippen LogP contribution is -2.46. The van der Waals surface area contributed by atoms with Crippen LogP contribution in [0.15, 0.2) is 60.7 Å². The monoisotopic (exact) mass is 353 g/mol. The predicted molar refractivity (Wildman–Crippen MR) is 99.7 cm³/mol. The molecule has 6 heteroatoms. The highest BCUT2D eigenvalue weighted by atomic mass is 16.3. The fourth-order valence-electron chi connectivity index (χ4n) is 3.10. The van der Waals surface area contributed by atoms with E-state index in [1.807, 2.05) is 60.7 Å². The fourth-order valence-corrected chi connectivity index (χ4v) is 3.10. The van der Waals surface area contributed by atoms with Crippen LogP contribution in [0.25, 0.3) is 0 Å². The molecule has 26 heavy (non-hydrogen) atoms. The Balaban J connectivity index is 1.61. The van der Waals surface area contributed by atoms with Crippen LogP contribution < -0.4 is 10.2 Å². The van der Waals surface area contributed by atoms with E-state index in [0.717, 1.165) is 11.3 Å². The number of aliphatic hydroxyl groups is 1. The van der Waals surface area contributed by atoms with Crippen molar-refractivity contribution in [2.45, 2.75) is 19.0 Å². The normalized spacial score (nSPS) is 16.6. The minimum atomic E-state index is -0.268. The second-order valence-corrected chi connectivity index (χ2v) is 6.32. The summed E-state index contributed by atoms with van der Waals surface area (Å²) in [5.74, 6) is -0.00160. The van der Waals surface area contributed by atoms with Gasteiger partial charge in [0.1, 0.15) is 0 Å². The number of amides is 3. The number of anilines is 1. The Hall–Kier alpha value is -2.86. The molecule has 0 spiro atoms. The van der Waals surface area contributed by atoms with Gasteiger partial charge in [0.2, 0.25) is 5.91 Å². The molecule has 2 aromatic carbocycles. The van der Waals surface area contributed by atoms with Crippen LogP contribution in [0.5, 0.6) is 0 Å². The van der Waals surface area contributed by atoms with Gasteiger partial charge in [0.25, 0.3) is 0 Å². The van der Waals surface area contributed by atoms with Crippen LogP contribution in [0, 0.1) is 0 Å². The SMILES string of the molecule is O=C(N[C@H]1CC(=O)N(c2ccccc2)C1)N(CCO)Cc1ccccc1. The van der Waals surface area contributed by atoms with E-state index in [1.165, 1.54) is 0 Å². The second-order valence-electron chi connectivity index (χ2n) is 6.32. The molecule has 1 fully saturated rings. The highest BCUT2D eigenvalue weighted by molar-refractivity contribution is 5.96. The first-order valence-corrected chi connectivity index (χ1v) is 8.73. The molecule has 0 aromatic heterocycles. The van der Waals surface area contributed by atoms with Gasteiger partial charge < -0.3 is 20.2 Å². The zero-order valence-corrected chi connectivity index (χ0v) is 14.5. The Morgan fingerprint density at radius 3 is 2.42 bits per heavy atom. The molecule has 0 unspecified atom stereocenters. The van der Waals surface area contributed by atoms with E-state index in [0.29, 0.717) is 13.1 Å². The maximum absolute atomic E-state index is 12.6. The van der Waals surface area contributed by atoms with Crippen molar-refractivity contribution in [3.63, 3.8) is 0 Å². The summed E-state index contributed by atoms with van der Waals surface area (Å²) in [6.07, 6.45) is 0.277. The van der Waals surface area contributed by atoms with E-state index >= 15 is 0 Å². The largest absolute Gasteiger partial charge is 0.395 e. The van der Waals surface area contributed by atoms with E-state index in [-0.39, 0.29) is 37.6 Å². The van der Waals surface area contributed by atoms with Crippen molar-refractivity contribution in [3.8, 4) is 0 Å². The number of urea groups is 1. The van der Waals surface area contributed by atoms with Crippen molar-refractivity contribution in [1.29, 1.82) is 0 Å². The first-order valence-electron chi connectivity index (χ1n) is 8.73. The number of carbonyl (C=O) groups excluding carboxylic acids is 2. The summed E-state index contributed by atoms with van der Waals surface area (Å²) >= 11 is 0. The summed E-state index contributed by atoms with van der Waals surface area (Å²) in [5.41, 5.74) is 1.83. The van der Waals surface area contributed by atoms with Crippen LogP contribution in [-0.2, 0) is 11.3 Å². The predicted octanol–water partition coefficient (Wildman–Crippen LogP) is 2.00. The van der Waals surface area contributed by atoms with E-state index in [4.69, 9.17) is 0 Å². The molecule has 3 amide bonds. The number of rotatable bonds is 6. The number of hydrogen-bond acceptors (Lipinski definition) is 3. The van der Waals surface area contributed by atoms with Gasteiger partial charge >= 0.3 is 6.03 Å². The van der Waals surface area contributed by atoms with Crippen LogP contribution in [-0.4, -0.2) is 47.7 Å². The molecule has 1 aliphatic rings. The van der Waals surface area contributed by atoms with Gasteiger partial charge in [-0.05, 0) is 17.7 Å². The molecule has 0 aliphatic carbocycles. The van der Waals surface area contributed by atoms with Crippen molar-refractivity contribution in [2.75, 3.05) is 24.6 Å². The Morgan fingerprint density at radius 2 is 1.77 bits per heavy atom. The van der Waals surface area contributed by atoms with Gasteiger partial charge in [-0.15, -0.1) is 0 Å². The summed E-state index contributed by atoms with van der Waals surface area (Å²) < 4.78 is 0. The van der Waals surface area contributed by atoms with Gasteiger partial charge in [0.15, 0.2) is 0 Å². The average Bonchev–Trinajstić information content (AvgIpc) is 3.03. The van der Waals surface area contributed by atoms with Crippen molar-refractivity contribution >= 4 is 17.6 Å². The topological polar surface area (TPSA) is 72.9 Å². The quantitative estimate of drug-likeness (QED) is 0.834. The van der Waals surface area contributed by atoms with E-state index < -0.39 is 0 Å². The molecule has 6 nitrogen and oxygen atoms in total. The number of benzene rings is 2. The summed E-state index contributed by atoms with van der Waals surface area (Å²) in [6, 6.07) is 18.6. The third-order valence-corrected chi connectivity index (χ3v) is 4.39. The summed E-state index contributed by atoms with van der Waals surface area (Å²) in [5, 5.41) is 12.2. The van der Waals surface area contributed by atoms with E-state index in [9.17, 15) is 14.7 Å². The first-order chi connectivity index (χ1) is 12.7. The van der Waals surface area contributed by atoms with Crippen molar-refractivity contribution in [2.24, 2.45) is 0 Å². The van der Waals surface area contributed by atoms with Gasteiger partial charge in [0, 0.05) is 31.7 Å². The second kappa shape index (κ2) is 8.49. The molecule has 1 saturated heterocycles. The molecule has 0 saturated carbocycles. The standard InChI is InChI=1S/C20H23N3O3/c24-12-11-22(14-16-7-3-1-4-8-16)20(26)21-17-13-19(25)23(15-17)18-9-5-2-6-10-18/h1-10,17,24H,11-15H2,(H,21,26)/t17-/m0/s1. The maximum Gasteiger partial charge on any atom is 0.318 e. The van der Waals surface area contributed by atoms with Gasteiger partial charge in [0.05, 0.1) is 12.6 Å². The minimum absolute atomic E-state index is 0.00160. The lowest BCUT2D eigenvalue weighted by atomic mass is 10.2. The number of nitrogens with one attached hydrogen (secondary N) is 1. The maximum atomic E-state index is 12.6. The summed E-state index contributed by atoms with van der Waals surface area (Å²) in [6.45, 7) is 0.993. The van der Waals surface area contributed by atoms with E-state index in [2.05, 4.69) is 5.32 Å². The van der Waals surface area contributed by atoms with E-state index in [1.54, 1.807) is 9.80 Å². The van der Waals surface area contributed by atoms with Crippen LogP contribution >= 0.6 is 0 Å². The zero-order valence-electron chi connectivity index (χ0n) is 14.5. The molecule has 1 aliphatic heterocycles. The zero-order chi connectivity index (χ0) is 18.4. The van der Waals surface area contributed by atoms with Gasteiger partial charge in [-0.1, -0.05) is 48.5 Å². The number of aliphatic hydroxyl groups excluding tert-OH is 1. The van der Waals surface area contributed by atoms with Crippen LogP contribution in [0.2, 0.25) is 0 Å².